The van der Waals surface area contributed by atoms with Gasteiger partial charge in [-0.05, 0) is 19.3 Å². The van der Waals surface area contributed by atoms with Crippen LogP contribution < -0.4 is 0 Å². The van der Waals surface area contributed by atoms with E-state index in [0.29, 0.717) is 19.3 Å². The van der Waals surface area contributed by atoms with Gasteiger partial charge in [-0.2, -0.15) is 0 Å². The lowest BCUT2D eigenvalue weighted by Gasteiger charge is -2.47. The molecule has 0 radical (unpaired) electrons. The summed E-state index contributed by atoms with van der Waals surface area (Å²) in [5.41, 5.74) is -2.93. The summed E-state index contributed by atoms with van der Waals surface area (Å²) in [7, 11) is 0. The van der Waals surface area contributed by atoms with Gasteiger partial charge < -0.3 is 15.3 Å². The van der Waals surface area contributed by atoms with Crippen molar-refractivity contribution in [3.63, 3.8) is 0 Å². The van der Waals surface area contributed by atoms with Gasteiger partial charge in [0, 0.05) is 5.41 Å². The number of aliphatic hydroxyl groups is 1. The molecule has 1 aliphatic carbocycles. The number of aliphatic carboxylic acids is 2. The molecule has 0 heterocycles. The number of hydrogen-bond donors (Lipinski definition) is 3. The Labute approximate surface area is 113 Å². The minimum Gasteiger partial charge on any atom is -0.481 e. The van der Waals surface area contributed by atoms with Crippen LogP contribution in [0.5, 0.6) is 0 Å². The van der Waals surface area contributed by atoms with Crippen LogP contribution in [0.3, 0.4) is 0 Å². The lowest BCUT2D eigenvalue weighted by molar-refractivity contribution is -0.188. The van der Waals surface area contributed by atoms with Crippen LogP contribution in [-0.2, 0) is 9.59 Å². The molecule has 1 atom stereocenters. The SMILES string of the molecule is CCCCC1(C(O)(CC(=O)O)C(=O)O)CCCCC1. The zero-order valence-electron chi connectivity index (χ0n) is 11.5. The number of carboxylic acids is 2. The van der Waals surface area contributed by atoms with Crippen LogP contribution in [0.1, 0.15) is 64.7 Å². The van der Waals surface area contributed by atoms with Crippen LogP contribution in [0.25, 0.3) is 0 Å². The molecule has 0 bridgehead atoms. The third-order valence-corrected chi connectivity index (χ3v) is 4.46. The molecule has 1 unspecified atom stereocenters. The summed E-state index contributed by atoms with van der Waals surface area (Å²) in [6.07, 6.45) is 5.53. The normalized spacial score (nSPS) is 21.6. The predicted octanol–water partition coefficient (Wildman–Crippen LogP) is 2.42. The first kappa shape index (κ1) is 16.0. The molecule has 5 heteroatoms. The van der Waals surface area contributed by atoms with Gasteiger partial charge in [-0.25, -0.2) is 4.79 Å². The highest BCUT2D eigenvalue weighted by Gasteiger charge is 2.56. The standard InChI is InChI=1S/C14H24O5/c1-2-3-7-13(8-5-4-6-9-13)14(19,12(17)18)10-11(15)16/h19H,2-10H2,1H3,(H,15,16)(H,17,18). The van der Waals surface area contributed by atoms with Crippen LogP contribution >= 0.6 is 0 Å². The third kappa shape index (κ3) is 3.26. The monoisotopic (exact) mass is 272 g/mol. The number of hydrogen-bond acceptors (Lipinski definition) is 3. The van der Waals surface area contributed by atoms with Crippen LogP contribution in [0.15, 0.2) is 0 Å². The second kappa shape index (κ2) is 6.37. The van der Waals surface area contributed by atoms with Crippen molar-refractivity contribution in [2.24, 2.45) is 5.41 Å². The average Bonchev–Trinajstić information content (AvgIpc) is 2.36. The fourth-order valence-corrected chi connectivity index (χ4v) is 3.32. The van der Waals surface area contributed by atoms with E-state index < -0.39 is 29.4 Å². The van der Waals surface area contributed by atoms with Crippen LogP contribution in [0.4, 0.5) is 0 Å². The van der Waals surface area contributed by atoms with Gasteiger partial charge in [-0.1, -0.05) is 39.0 Å². The topological polar surface area (TPSA) is 94.8 Å². The van der Waals surface area contributed by atoms with E-state index in [4.69, 9.17) is 5.11 Å². The van der Waals surface area contributed by atoms with E-state index >= 15 is 0 Å². The zero-order chi connectivity index (χ0) is 14.5. The molecule has 110 valence electrons. The van der Waals surface area contributed by atoms with E-state index in [-0.39, 0.29) is 0 Å². The van der Waals surface area contributed by atoms with Gasteiger partial charge >= 0.3 is 11.9 Å². The molecule has 1 aliphatic rings. The highest BCUT2D eigenvalue weighted by molar-refractivity contribution is 5.84. The van der Waals surface area contributed by atoms with E-state index in [9.17, 15) is 19.8 Å². The minimum absolute atomic E-state index is 0.583. The number of carboxylic acid groups (broad SMARTS) is 2. The van der Waals surface area contributed by atoms with Crippen molar-refractivity contribution in [2.45, 2.75) is 70.3 Å². The largest absolute Gasteiger partial charge is 0.481 e. The second-order valence-electron chi connectivity index (χ2n) is 5.68. The van der Waals surface area contributed by atoms with Crippen molar-refractivity contribution in [3.05, 3.63) is 0 Å². The molecule has 0 spiro atoms. The Bertz CT molecular complexity index is 333. The molecule has 3 N–H and O–H groups in total. The van der Waals surface area contributed by atoms with Gasteiger partial charge in [0.1, 0.15) is 0 Å². The Morgan fingerprint density at radius 3 is 2.16 bits per heavy atom. The lowest BCUT2D eigenvalue weighted by Crippen LogP contribution is -2.56. The molecule has 0 aromatic rings. The highest BCUT2D eigenvalue weighted by Crippen LogP contribution is 2.50. The maximum absolute atomic E-state index is 11.5. The Hall–Kier alpha value is -1.10. The smallest absolute Gasteiger partial charge is 0.336 e. The van der Waals surface area contributed by atoms with Crippen molar-refractivity contribution in [2.75, 3.05) is 0 Å². The van der Waals surface area contributed by atoms with Crippen molar-refractivity contribution in [1.29, 1.82) is 0 Å². The van der Waals surface area contributed by atoms with Gasteiger partial charge in [-0.3, -0.25) is 4.79 Å². The molecular formula is C14H24O5. The van der Waals surface area contributed by atoms with E-state index in [1.165, 1.54) is 0 Å². The summed E-state index contributed by atoms with van der Waals surface area (Å²) in [6.45, 7) is 2.01. The van der Waals surface area contributed by atoms with Gasteiger partial charge in [-0.15, -0.1) is 0 Å². The molecule has 0 amide bonds. The van der Waals surface area contributed by atoms with Gasteiger partial charge in [0.2, 0.25) is 0 Å². The van der Waals surface area contributed by atoms with Crippen LogP contribution in [0.2, 0.25) is 0 Å². The molecule has 0 aromatic carbocycles. The summed E-state index contributed by atoms with van der Waals surface area (Å²) in [5.74, 6) is -2.65. The molecule has 0 aliphatic heterocycles. The van der Waals surface area contributed by atoms with Crippen molar-refractivity contribution < 1.29 is 24.9 Å². The Kier molecular flexibility index (Phi) is 5.35. The molecule has 19 heavy (non-hydrogen) atoms. The van der Waals surface area contributed by atoms with Crippen molar-refractivity contribution in [1.82, 2.24) is 0 Å². The van der Waals surface area contributed by atoms with E-state index in [1.807, 2.05) is 6.92 Å². The first-order valence-electron chi connectivity index (χ1n) is 7.05. The summed E-state index contributed by atoms with van der Waals surface area (Å²) < 4.78 is 0. The number of rotatable bonds is 7. The molecule has 0 aromatic heterocycles. The van der Waals surface area contributed by atoms with Crippen LogP contribution in [0, 0.1) is 5.41 Å². The van der Waals surface area contributed by atoms with E-state index in [2.05, 4.69) is 0 Å². The summed E-state index contributed by atoms with van der Waals surface area (Å²) in [6, 6.07) is 0. The fourth-order valence-electron chi connectivity index (χ4n) is 3.32. The highest BCUT2D eigenvalue weighted by atomic mass is 16.4. The number of carbonyl (C=O) groups is 2. The first-order chi connectivity index (χ1) is 8.88. The lowest BCUT2D eigenvalue weighted by atomic mass is 9.59. The van der Waals surface area contributed by atoms with Crippen molar-refractivity contribution >= 4 is 11.9 Å². The molecular weight excluding hydrogens is 248 g/mol. The Morgan fingerprint density at radius 1 is 1.16 bits per heavy atom. The zero-order valence-corrected chi connectivity index (χ0v) is 11.5. The second-order valence-corrected chi connectivity index (χ2v) is 5.68. The van der Waals surface area contributed by atoms with Gasteiger partial charge in [0.15, 0.2) is 5.60 Å². The van der Waals surface area contributed by atoms with Gasteiger partial charge in [0.25, 0.3) is 0 Å². The van der Waals surface area contributed by atoms with Gasteiger partial charge in [0.05, 0.1) is 6.42 Å². The molecule has 5 nitrogen and oxygen atoms in total. The minimum atomic E-state index is -2.14. The summed E-state index contributed by atoms with van der Waals surface area (Å²) in [4.78, 5) is 22.5. The quantitative estimate of drug-likeness (QED) is 0.661. The number of unbranched alkanes of at least 4 members (excludes halogenated alkanes) is 1. The van der Waals surface area contributed by atoms with Crippen LogP contribution in [-0.4, -0.2) is 32.9 Å². The van der Waals surface area contributed by atoms with E-state index in [1.54, 1.807) is 0 Å². The first-order valence-corrected chi connectivity index (χ1v) is 7.05. The van der Waals surface area contributed by atoms with E-state index in [0.717, 1.165) is 32.1 Å². The molecule has 0 saturated heterocycles. The predicted molar refractivity (Wildman–Crippen MR) is 69.9 cm³/mol. The van der Waals surface area contributed by atoms with Crippen molar-refractivity contribution in [3.8, 4) is 0 Å². The molecule has 1 saturated carbocycles. The summed E-state index contributed by atoms with van der Waals surface area (Å²) >= 11 is 0. The Balaban J connectivity index is 3.09. The average molecular weight is 272 g/mol. The molecule has 1 rings (SSSR count). The summed E-state index contributed by atoms with van der Waals surface area (Å²) in [5, 5.41) is 28.9. The maximum Gasteiger partial charge on any atom is 0.336 e. The molecule has 1 fully saturated rings. The Morgan fingerprint density at radius 2 is 1.74 bits per heavy atom. The maximum atomic E-state index is 11.5. The third-order valence-electron chi connectivity index (χ3n) is 4.46. The fraction of sp³-hybridized carbons (Fsp3) is 0.857.